The Kier molecular flexibility index (Phi) is 4.23. The molecule has 3 heteroatoms. The van der Waals surface area contributed by atoms with Crippen LogP contribution in [0.15, 0.2) is 18.2 Å². The molecule has 14 heavy (non-hydrogen) atoms. The highest BCUT2D eigenvalue weighted by atomic mass is 35.5. The number of nitrogens with zero attached hydrogens (tertiary/aromatic N) is 1. The van der Waals surface area contributed by atoms with Crippen LogP contribution >= 0.6 is 11.6 Å². The van der Waals surface area contributed by atoms with E-state index in [9.17, 15) is 5.11 Å². The first-order valence-electron chi connectivity index (χ1n) is 4.87. The second-order valence-electron chi connectivity index (χ2n) is 3.08. The minimum Gasteiger partial charge on any atom is -0.392 e. The van der Waals surface area contributed by atoms with Crippen molar-refractivity contribution in [2.75, 3.05) is 18.0 Å². The van der Waals surface area contributed by atoms with Crippen molar-refractivity contribution in [3.05, 3.63) is 28.8 Å². The highest BCUT2D eigenvalue weighted by Crippen LogP contribution is 2.29. The lowest BCUT2D eigenvalue weighted by Gasteiger charge is -2.24. The van der Waals surface area contributed by atoms with Crippen LogP contribution in [0.1, 0.15) is 19.4 Å². The SMILES string of the molecule is CCN(CC)c1c(Cl)cccc1CO. The van der Waals surface area contributed by atoms with Crippen LogP contribution in [0.3, 0.4) is 0 Å². The molecule has 1 aromatic rings. The number of hydrogen-bond donors (Lipinski definition) is 1. The zero-order valence-electron chi connectivity index (χ0n) is 8.63. The third kappa shape index (κ3) is 2.20. The molecule has 2 nitrogen and oxygen atoms in total. The highest BCUT2D eigenvalue weighted by Gasteiger charge is 2.11. The molecule has 0 saturated heterocycles. The van der Waals surface area contributed by atoms with Crippen LogP contribution < -0.4 is 4.90 Å². The topological polar surface area (TPSA) is 23.5 Å². The summed E-state index contributed by atoms with van der Waals surface area (Å²) in [6.07, 6.45) is 0. The average Bonchev–Trinajstić information content (AvgIpc) is 2.22. The van der Waals surface area contributed by atoms with E-state index in [-0.39, 0.29) is 6.61 Å². The molecular formula is C11H16ClNO. The quantitative estimate of drug-likeness (QED) is 0.832. The molecule has 1 rings (SSSR count). The van der Waals surface area contributed by atoms with Gasteiger partial charge in [0, 0.05) is 18.7 Å². The summed E-state index contributed by atoms with van der Waals surface area (Å²) in [6, 6.07) is 5.62. The van der Waals surface area contributed by atoms with Crippen LogP contribution in [0, 0.1) is 0 Å². The van der Waals surface area contributed by atoms with Crippen LogP contribution in [0.25, 0.3) is 0 Å². The standard InChI is InChI=1S/C11H16ClNO/c1-3-13(4-2)11-9(8-14)6-5-7-10(11)12/h5-7,14H,3-4,8H2,1-2H3. The Morgan fingerprint density at radius 3 is 2.43 bits per heavy atom. The van der Waals surface area contributed by atoms with Gasteiger partial charge < -0.3 is 10.0 Å². The monoisotopic (exact) mass is 213 g/mol. The van der Waals surface area contributed by atoms with E-state index in [1.54, 1.807) is 0 Å². The van der Waals surface area contributed by atoms with Gasteiger partial charge in [-0.05, 0) is 19.9 Å². The van der Waals surface area contributed by atoms with E-state index in [0.717, 1.165) is 24.3 Å². The Morgan fingerprint density at radius 1 is 1.29 bits per heavy atom. The molecule has 0 heterocycles. The van der Waals surface area contributed by atoms with Gasteiger partial charge in [0.2, 0.25) is 0 Å². The molecule has 78 valence electrons. The Labute approximate surface area is 90.1 Å². The Balaban J connectivity index is 3.14. The first-order valence-corrected chi connectivity index (χ1v) is 5.25. The molecule has 0 unspecified atom stereocenters. The van der Waals surface area contributed by atoms with Crippen LogP contribution in [-0.4, -0.2) is 18.2 Å². The van der Waals surface area contributed by atoms with Gasteiger partial charge in [0.15, 0.2) is 0 Å². The lowest BCUT2D eigenvalue weighted by Crippen LogP contribution is -2.23. The summed E-state index contributed by atoms with van der Waals surface area (Å²) in [7, 11) is 0. The van der Waals surface area contributed by atoms with Gasteiger partial charge in [-0.15, -0.1) is 0 Å². The Bertz CT molecular complexity index is 297. The lowest BCUT2D eigenvalue weighted by molar-refractivity contribution is 0.282. The largest absolute Gasteiger partial charge is 0.392 e. The number of anilines is 1. The second kappa shape index (κ2) is 5.23. The van der Waals surface area contributed by atoms with Gasteiger partial charge in [-0.2, -0.15) is 0 Å². The molecule has 0 aromatic heterocycles. The minimum absolute atomic E-state index is 0.0341. The fourth-order valence-corrected chi connectivity index (χ4v) is 1.90. The van der Waals surface area contributed by atoms with Gasteiger partial charge in [0.25, 0.3) is 0 Å². The molecule has 0 atom stereocenters. The van der Waals surface area contributed by atoms with Crippen molar-refractivity contribution in [3.63, 3.8) is 0 Å². The Hall–Kier alpha value is -0.730. The fourth-order valence-electron chi connectivity index (χ4n) is 1.58. The maximum absolute atomic E-state index is 9.20. The third-order valence-corrected chi connectivity index (χ3v) is 2.63. The first kappa shape index (κ1) is 11.3. The van der Waals surface area contributed by atoms with Crippen LogP contribution in [0.4, 0.5) is 5.69 Å². The molecule has 0 radical (unpaired) electrons. The molecular weight excluding hydrogens is 198 g/mol. The predicted molar refractivity (Wildman–Crippen MR) is 60.9 cm³/mol. The summed E-state index contributed by atoms with van der Waals surface area (Å²) >= 11 is 6.11. The second-order valence-corrected chi connectivity index (χ2v) is 3.49. The van der Waals surface area contributed by atoms with Crippen molar-refractivity contribution < 1.29 is 5.11 Å². The maximum atomic E-state index is 9.20. The summed E-state index contributed by atoms with van der Waals surface area (Å²) in [6.45, 7) is 5.98. The van der Waals surface area contributed by atoms with Crippen molar-refractivity contribution in [2.24, 2.45) is 0 Å². The summed E-state index contributed by atoms with van der Waals surface area (Å²) in [4.78, 5) is 2.15. The molecule has 0 bridgehead atoms. The van der Waals surface area contributed by atoms with Crippen LogP contribution in [0.2, 0.25) is 5.02 Å². The molecule has 0 aliphatic heterocycles. The molecule has 0 aliphatic carbocycles. The van der Waals surface area contributed by atoms with Crippen molar-refractivity contribution in [2.45, 2.75) is 20.5 Å². The average molecular weight is 214 g/mol. The van der Waals surface area contributed by atoms with Gasteiger partial charge in [-0.1, -0.05) is 23.7 Å². The van der Waals surface area contributed by atoms with E-state index in [2.05, 4.69) is 18.7 Å². The van der Waals surface area contributed by atoms with E-state index >= 15 is 0 Å². The van der Waals surface area contributed by atoms with E-state index in [1.165, 1.54) is 0 Å². The van der Waals surface area contributed by atoms with E-state index < -0.39 is 0 Å². The van der Waals surface area contributed by atoms with Crippen LogP contribution in [-0.2, 0) is 6.61 Å². The van der Waals surface area contributed by atoms with Gasteiger partial charge >= 0.3 is 0 Å². The third-order valence-electron chi connectivity index (χ3n) is 2.32. The van der Waals surface area contributed by atoms with Crippen molar-refractivity contribution in [1.29, 1.82) is 0 Å². The van der Waals surface area contributed by atoms with Crippen LogP contribution in [0.5, 0.6) is 0 Å². The van der Waals surface area contributed by atoms with E-state index in [1.807, 2.05) is 18.2 Å². The maximum Gasteiger partial charge on any atom is 0.0702 e. The van der Waals surface area contributed by atoms with Crippen molar-refractivity contribution in [1.82, 2.24) is 0 Å². The lowest BCUT2D eigenvalue weighted by atomic mass is 10.1. The fraction of sp³-hybridized carbons (Fsp3) is 0.455. The van der Waals surface area contributed by atoms with Crippen molar-refractivity contribution >= 4 is 17.3 Å². The number of halogens is 1. The zero-order valence-corrected chi connectivity index (χ0v) is 9.38. The van der Waals surface area contributed by atoms with E-state index in [0.29, 0.717) is 5.02 Å². The zero-order chi connectivity index (χ0) is 10.6. The number of benzene rings is 1. The summed E-state index contributed by atoms with van der Waals surface area (Å²) in [5.74, 6) is 0. The van der Waals surface area contributed by atoms with E-state index in [4.69, 9.17) is 11.6 Å². The molecule has 0 saturated carbocycles. The molecule has 1 N–H and O–H groups in total. The normalized spacial score (nSPS) is 10.3. The molecule has 1 aromatic carbocycles. The molecule has 0 spiro atoms. The van der Waals surface area contributed by atoms with Crippen molar-refractivity contribution in [3.8, 4) is 0 Å². The molecule has 0 amide bonds. The van der Waals surface area contributed by atoms with Gasteiger partial charge in [-0.25, -0.2) is 0 Å². The van der Waals surface area contributed by atoms with Gasteiger partial charge in [0.05, 0.1) is 17.3 Å². The number of para-hydroxylation sites is 1. The smallest absolute Gasteiger partial charge is 0.0702 e. The predicted octanol–water partition coefficient (Wildman–Crippen LogP) is 2.68. The number of aliphatic hydroxyl groups is 1. The minimum atomic E-state index is 0.0341. The highest BCUT2D eigenvalue weighted by molar-refractivity contribution is 6.33. The number of rotatable bonds is 4. The summed E-state index contributed by atoms with van der Waals surface area (Å²) in [5, 5.41) is 9.91. The van der Waals surface area contributed by atoms with Gasteiger partial charge in [0.1, 0.15) is 0 Å². The summed E-state index contributed by atoms with van der Waals surface area (Å²) in [5.41, 5.74) is 1.85. The number of hydrogen-bond acceptors (Lipinski definition) is 2. The first-order chi connectivity index (χ1) is 6.74. The Morgan fingerprint density at radius 2 is 1.93 bits per heavy atom. The number of aliphatic hydroxyl groups excluding tert-OH is 1. The molecule has 0 fully saturated rings. The van der Waals surface area contributed by atoms with Gasteiger partial charge in [-0.3, -0.25) is 0 Å². The molecule has 0 aliphatic rings. The summed E-state index contributed by atoms with van der Waals surface area (Å²) < 4.78 is 0.